The molecule has 2 saturated heterocycles. The molecule has 0 aromatic heterocycles. The van der Waals surface area contributed by atoms with E-state index in [9.17, 15) is 4.79 Å². The van der Waals surface area contributed by atoms with Crippen LogP contribution < -0.4 is 0 Å². The second-order valence-corrected chi connectivity index (χ2v) is 4.34. The van der Waals surface area contributed by atoms with Crippen LogP contribution in [0.3, 0.4) is 0 Å². The molecule has 15 heavy (non-hydrogen) atoms. The van der Waals surface area contributed by atoms with Gasteiger partial charge < -0.3 is 14.4 Å². The van der Waals surface area contributed by atoms with E-state index >= 15 is 0 Å². The van der Waals surface area contributed by atoms with Crippen LogP contribution in [0.25, 0.3) is 0 Å². The van der Waals surface area contributed by atoms with Gasteiger partial charge in [0, 0.05) is 25.7 Å². The summed E-state index contributed by atoms with van der Waals surface area (Å²) in [5.74, 6) is 0.480. The first-order chi connectivity index (χ1) is 7.29. The quantitative estimate of drug-likeness (QED) is 0.642. The van der Waals surface area contributed by atoms with E-state index in [2.05, 4.69) is 6.92 Å². The second-order valence-electron chi connectivity index (χ2n) is 4.34. The molecule has 1 amide bonds. The lowest BCUT2D eigenvalue weighted by Gasteiger charge is -2.36. The molecule has 4 nitrogen and oxygen atoms in total. The van der Waals surface area contributed by atoms with Crippen molar-refractivity contribution in [2.24, 2.45) is 5.92 Å². The summed E-state index contributed by atoms with van der Waals surface area (Å²) >= 11 is 0. The highest BCUT2D eigenvalue weighted by Gasteiger charge is 2.30. The van der Waals surface area contributed by atoms with Gasteiger partial charge in [0.05, 0.1) is 19.3 Å². The number of carbonyl (C=O) groups excluding carboxylic acids is 1. The molecule has 2 heterocycles. The molecule has 1 atom stereocenters. The fourth-order valence-electron chi connectivity index (χ4n) is 2.23. The molecular weight excluding hydrogens is 194 g/mol. The molecule has 2 rings (SSSR count). The maximum Gasteiger partial charge on any atom is 0.226 e. The van der Waals surface area contributed by atoms with Gasteiger partial charge in [0.15, 0.2) is 0 Å². The molecule has 0 aliphatic carbocycles. The highest BCUT2D eigenvalue weighted by Crippen LogP contribution is 2.20. The van der Waals surface area contributed by atoms with Gasteiger partial charge in [-0.2, -0.15) is 0 Å². The van der Waals surface area contributed by atoms with Crippen molar-refractivity contribution in [3.63, 3.8) is 0 Å². The first-order valence-electron chi connectivity index (χ1n) is 5.75. The molecule has 86 valence electrons. The van der Waals surface area contributed by atoms with Gasteiger partial charge in [0.25, 0.3) is 0 Å². The van der Waals surface area contributed by atoms with E-state index < -0.39 is 0 Å². The molecule has 1 unspecified atom stereocenters. The Kier molecular flexibility index (Phi) is 3.59. The normalized spacial score (nSPS) is 29.1. The van der Waals surface area contributed by atoms with Crippen molar-refractivity contribution in [2.75, 3.05) is 33.0 Å². The second kappa shape index (κ2) is 4.94. The minimum absolute atomic E-state index is 0.180. The van der Waals surface area contributed by atoms with Crippen LogP contribution in [0.2, 0.25) is 0 Å². The summed E-state index contributed by atoms with van der Waals surface area (Å²) in [4.78, 5) is 14.2. The predicted molar refractivity (Wildman–Crippen MR) is 55.5 cm³/mol. The monoisotopic (exact) mass is 213 g/mol. The average Bonchev–Trinajstić information content (AvgIpc) is 2.30. The molecule has 2 fully saturated rings. The lowest BCUT2D eigenvalue weighted by molar-refractivity contribution is -0.146. The SMILES string of the molecule is CC1COCCN1C(=O)C1CCOCC1. The number of nitrogens with zero attached hydrogens (tertiary/aromatic N) is 1. The number of carbonyl (C=O) groups is 1. The Morgan fingerprint density at radius 2 is 1.93 bits per heavy atom. The largest absolute Gasteiger partial charge is 0.381 e. The molecular formula is C11H19NO3. The third-order valence-corrected chi connectivity index (χ3v) is 3.22. The number of morpholine rings is 1. The molecule has 0 radical (unpaired) electrons. The van der Waals surface area contributed by atoms with Crippen molar-refractivity contribution in [2.45, 2.75) is 25.8 Å². The third-order valence-electron chi connectivity index (χ3n) is 3.22. The van der Waals surface area contributed by atoms with Crippen LogP contribution in [0.5, 0.6) is 0 Å². The Morgan fingerprint density at radius 3 is 2.60 bits per heavy atom. The summed E-state index contributed by atoms with van der Waals surface area (Å²) < 4.78 is 10.6. The maximum atomic E-state index is 12.2. The van der Waals surface area contributed by atoms with Gasteiger partial charge in [0.2, 0.25) is 5.91 Å². The number of hydrogen-bond acceptors (Lipinski definition) is 3. The van der Waals surface area contributed by atoms with Crippen LogP contribution >= 0.6 is 0 Å². The van der Waals surface area contributed by atoms with Gasteiger partial charge in [-0.25, -0.2) is 0 Å². The zero-order valence-electron chi connectivity index (χ0n) is 9.28. The average molecular weight is 213 g/mol. The molecule has 0 aromatic rings. The summed E-state index contributed by atoms with van der Waals surface area (Å²) in [5, 5.41) is 0. The standard InChI is InChI=1S/C11H19NO3/c1-9-8-15-7-4-12(9)11(13)10-2-5-14-6-3-10/h9-10H,2-8H2,1H3. The van der Waals surface area contributed by atoms with Crippen LogP contribution in [-0.2, 0) is 14.3 Å². The lowest BCUT2D eigenvalue weighted by atomic mass is 9.98. The zero-order valence-corrected chi connectivity index (χ0v) is 9.28. The maximum absolute atomic E-state index is 12.2. The Bertz CT molecular complexity index is 226. The van der Waals surface area contributed by atoms with Gasteiger partial charge in [-0.3, -0.25) is 4.79 Å². The third kappa shape index (κ3) is 2.49. The Hall–Kier alpha value is -0.610. The molecule has 4 heteroatoms. The van der Waals surface area contributed by atoms with Gasteiger partial charge in [-0.15, -0.1) is 0 Å². The van der Waals surface area contributed by atoms with Crippen LogP contribution in [-0.4, -0.2) is 49.8 Å². The summed E-state index contributed by atoms with van der Waals surface area (Å²) in [6, 6.07) is 0.231. The van der Waals surface area contributed by atoms with Crippen molar-refractivity contribution in [3.05, 3.63) is 0 Å². The lowest BCUT2D eigenvalue weighted by Crippen LogP contribution is -2.50. The van der Waals surface area contributed by atoms with E-state index in [-0.39, 0.29) is 12.0 Å². The van der Waals surface area contributed by atoms with E-state index in [0.717, 1.165) is 32.6 Å². The first-order valence-corrected chi connectivity index (χ1v) is 5.75. The highest BCUT2D eigenvalue weighted by atomic mass is 16.5. The van der Waals surface area contributed by atoms with Crippen LogP contribution in [0, 0.1) is 5.92 Å². The summed E-state index contributed by atoms with van der Waals surface area (Å²) in [5.41, 5.74) is 0. The Balaban J connectivity index is 1.92. The van der Waals surface area contributed by atoms with Crippen LogP contribution in [0.15, 0.2) is 0 Å². The molecule has 0 aromatic carbocycles. The molecule has 0 bridgehead atoms. The molecule has 0 spiro atoms. The van der Waals surface area contributed by atoms with Crippen molar-refractivity contribution >= 4 is 5.91 Å². The topological polar surface area (TPSA) is 38.8 Å². The highest BCUT2D eigenvalue weighted by molar-refractivity contribution is 5.79. The minimum Gasteiger partial charge on any atom is -0.381 e. The molecule has 2 aliphatic heterocycles. The number of hydrogen-bond donors (Lipinski definition) is 0. The van der Waals surface area contributed by atoms with Crippen molar-refractivity contribution in [1.29, 1.82) is 0 Å². The molecule has 0 saturated carbocycles. The molecule has 0 N–H and O–H groups in total. The van der Waals surface area contributed by atoms with Gasteiger partial charge in [0.1, 0.15) is 0 Å². The van der Waals surface area contributed by atoms with Gasteiger partial charge in [-0.1, -0.05) is 0 Å². The fourth-order valence-corrected chi connectivity index (χ4v) is 2.23. The zero-order chi connectivity index (χ0) is 10.7. The first kappa shape index (κ1) is 10.9. The number of rotatable bonds is 1. The van der Waals surface area contributed by atoms with E-state index in [1.54, 1.807) is 0 Å². The van der Waals surface area contributed by atoms with E-state index in [4.69, 9.17) is 9.47 Å². The Morgan fingerprint density at radius 1 is 1.20 bits per heavy atom. The van der Waals surface area contributed by atoms with E-state index in [1.165, 1.54) is 0 Å². The van der Waals surface area contributed by atoms with Gasteiger partial charge >= 0.3 is 0 Å². The fraction of sp³-hybridized carbons (Fsp3) is 0.909. The summed E-state index contributed by atoms with van der Waals surface area (Å²) in [6.07, 6.45) is 1.76. The smallest absolute Gasteiger partial charge is 0.226 e. The van der Waals surface area contributed by atoms with Crippen molar-refractivity contribution in [1.82, 2.24) is 4.90 Å². The minimum atomic E-state index is 0.180. The van der Waals surface area contributed by atoms with Crippen LogP contribution in [0.4, 0.5) is 0 Å². The van der Waals surface area contributed by atoms with Gasteiger partial charge in [-0.05, 0) is 19.8 Å². The Labute approximate surface area is 90.5 Å². The predicted octanol–water partition coefficient (Wildman–Crippen LogP) is 0.660. The van der Waals surface area contributed by atoms with E-state index in [0.29, 0.717) is 19.1 Å². The molecule has 2 aliphatic rings. The van der Waals surface area contributed by atoms with Crippen molar-refractivity contribution < 1.29 is 14.3 Å². The van der Waals surface area contributed by atoms with E-state index in [1.807, 2.05) is 4.90 Å². The summed E-state index contributed by atoms with van der Waals surface area (Å²) in [6.45, 7) is 5.62. The van der Waals surface area contributed by atoms with Crippen LogP contribution in [0.1, 0.15) is 19.8 Å². The van der Waals surface area contributed by atoms with Crippen molar-refractivity contribution in [3.8, 4) is 0 Å². The number of amides is 1. The number of ether oxygens (including phenoxy) is 2. The summed E-state index contributed by atoms with van der Waals surface area (Å²) in [7, 11) is 0.